The third-order valence-corrected chi connectivity index (χ3v) is 2.93. The van der Waals surface area contributed by atoms with Gasteiger partial charge >= 0.3 is 0 Å². The number of carbonyl (C=O) groups excluding carboxylic acids is 1. The molecule has 1 unspecified atom stereocenters. The van der Waals surface area contributed by atoms with E-state index >= 15 is 0 Å². The molecule has 0 aromatic heterocycles. The van der Waals surface area contributed by atoms with Gasteiger partial charge in [-0.05, 0) is 31.2 Å². The largest absolute Gasteiger partial charge is 0.399 e. The average molecular weight is 219 g/mol. The van der Waals surface area contributed by atoms with Crippen LogP contribution in [0.2, 0.25) is 0 Å². The van der Waals surface area contributed by atoms with Crippen molar-refractivity contribution in [1.82, 2.24) is 5.01 Å². The summed E-state index contributed by atoms with van der Waals surface area (Å²) in [6, 6.07) is 7.68. The van der Waals surface area contributed by atoms with Gasteiger partial charge in [-0.15, -0.1) is 0 Å². The molecule has 1 saturated heterocycles. The van der Waals surface area contributed by atoms with Gasteiger partial charge in [0.2, 0.25) is 5.91 Å². The van der Waals surface area contributed by atoms with E-state index in [0.717, 1.165) is 12.2 Å². The highest BCUT2D eigenvalue weighted by Crippen LogP contribution is 2.26. The van der Waals surface area contributed by atoms with Crippen LogP contribution in [0, 0.1) is 0 Å². The first-order chi connectivity index (χ1) is 7.63. The number of nitrogens with two attached hydrogens (primary N) is 1. The maximum absolute atomic E-state index is 11.9. The molecule has 1 aliphatic rings. The standard InChI is InChI=1S/C12H17N3O/c1-3-14-9(2)8-12(16)15(14)11-6-4-10(13)5-7-11/h4-7,9H,3,8,13H2,1-2H3. The topological polar surface area (TPSA) is 49.6 Å². The summed E-state index contributed by atoms with van der Waals surface area (Å²) >= 11 is 0. The van der Waals surface area contributed by atoms with Gasteiger partial charge in [-0.3, -0.25) is 4.79 Å². The van der Waals surface area contributed by atoms with Crippen LogP contribution < -0.4 is 10.7 Å². The van der Waals surface area contributed by atoms with Gasteiger partial charge in [-0.25, -0.2) is 10.0 Å². The first-order valence-electron chi connectivity index (χ1n) is 5.58. The molecular formula is C12H17N3O. The van der Waals surface area contributed by atoms with Gasteiger partial charge in [0.25, 0.3) is 0 Å². The van der Waals surface area contributed by atoms with Crippen LogP contribution in [0.1, 0.15) is 20.3 Å². The molecule has 4 nitrogen and oxygen atoms in total. The summed E-state index contributed by atoms with van der Waals surface area (Å²) in [5.41, 5.74) is 7.25. The maximum atomic E-state index is 11.9. The lowest BCUT2D eigenvalue weighted by molar-refractivity contribution is -0.118. The molecule has 86 valence electrons. The minimum absolute atomic E-state index is 0.152. The van der Waals surface area contributed by atoms with E-state index in [-0.39, 0.29) is 11.9 Å². The van der Waals surface area contributed by atoms with E-state index in [4.69, 9.17) is 5.73 Å². The first-order valence-corrected chi connectivity index (χ1v) is 5.58. The number of amides is 1. The average Bonchev–Trinajstić information content (AvgIpc) is 2.54. The van der Waals surface area contributed by atoms with E-state index in [0.29, 0.717) is 12.1 Å². The third kappa shape index (κ3) is 1.76. The number of nitrogens with zero attached hydrogens (tertiary/aromatic N) is 2. The highest BCUT2D eigenvalue weighted by Gasteiger charge is 2.34. The maximum Gasteiger partial charge on any atom is 0.243 e. The zero-order valence-corrected chi connectivity index (χ0v) is 9.68. The lowest BCUT2D eigenvalue weighted by Crippen LogP contribution is -2.41. The van der Waals surface area contributed by atoms with E-state index in [1.165, 1.54) is 0 Å². The lowest BCUT2D eigenvalue weighted by atomic mass is 10.2. The molecule has 2 rings (SSSR count). The van der Waals surface area contributed by atoms with Crippen molar-refractivity contribution in [2.45, 2.75) is 26.3 Å². The molecule has 1 aromatic carbocycles. The normalized spacial score (nSPS) is 21.8. The Bertz CT molecular complexity index is 388. The van der Waals surface area contributed by atoms with Crippen molar-refractivity contribution < 1.29 is 4.79 Å². The van der Waals surface area contributed by atoms with Crippen LogP contribution in [0.25, 0.3) is 0 Å². The summed E-state index contributed by atoms with van der Waals surface area (Å²) in [7, 11) is 0. The molecule has 0 bridgehead atoms. The fourth-order valence-corrected chi connectivity index (χ4v) is 2.15. The van der Waals surface area contributed by atoms with Crippen molar-refractivity contribution in [1.29, 1.82) is 0 Å². The Hall–Kier alpha value is -1.55. The molecular weight excluding hydrogens is 202 g/mol. The Labute approximate surface area is 95.6 Å². The van der Waals surface area contributed by atoms with Crippen LogP contribution in [0.3, 0.4) is 0 Å². The van der Waals surface area contributed by atoms with E-state index in [2.05, 4.69) is 18.9 Å². The number of hydrogen-bond acceptors (Lipinski definition) is 3. The molecule has 0 saturated carbocycles. The van der Waals surface area contributed by atoms with Crippen LogP contribution in [-0.2, 0) is 4.79 Å². The van der Waals surface area contributed by atoms with Crippen molar-refractivity contribution in [3.8, 4) is 0 Å². The fourth-order valence-electron chi connectivity index (χ4n) is 2.15. The van der Waals surface area contributed by atoms with Gasteiger partial charge in [0.15, 0.2) is 0 Å². The summed E-state index contributed by atoms with van der Waals surface area (Å²) in [5.74, 6) is 0.152. The van der Waals surface area contributed by atoms with Crippen LogP contribution >= 0.6 is 0 Å². The van der Waals surface area contributed by atoms with E-state index in [9.17, 15) is 4.79 Å². The quantitative estimate of drug-likeness (QED) is 0.769. The van der Waals surface area contributed by atoms with Gasteiger partial charge in [0.05, 0.1) is 5.69 Å². The molecule has 16 heavy (non-hydrogen) atoms. The third-order valence-electron chi connectivity index (χ3n) is 2.93. The number of hydrogen-bond donors (Lipinski definition) is 1. The van der Waals surface area contributed by atoms with Gasteiger partial charge in [-0.2, -0.15) is 0 Å². The first kappa shape index (κ1) is 11.0. The second-order valence-electron chi connectivity index (χ2n) is 4.11. The van der Waals surface area contributed by atoms with E-state index in [1.54, 1.807) is 5.01 Å². The Kier molecular flexibility index (Phi) is 2.83. The number of benzene rings is 1. The second kappa shape index (κ2) is 4.14. The number of rotatable bonds is 2. The molecule has 4 heteroatoms. The summed E-state index contributed by atoms with van der Waals surface area (Å²) in [6.07, 6.45) is 0.582. The van der Waals surface area contributed by atoms with Crippen LogP contribution in [0.4, 0.5) is 11.4 Å². The smallest absolute Gasteiger partial charge is 0.243 e. The minimum atomic E-state index is 0.152. The zero-order chi connectivity index (χ0) is 11.7. The van der Waals surface area contributed by atoms with Crippen molar-refractivity contribution in [3.63, 3.8) is 0 Å². The molecule has 1 aromatic rings. The summed E-state index contributed by atoms with van der Waals surface area (Å²) < 4.78 is 0. The molecule has 1 aliphatic heterocycles. The molecule has 0 radical (unpaired) electrons. The predicted octanol–water partition coefficient (Wildman–Crippen LogP) is 1.63. The Morgan fingerprint density at radius 2 is 2.00 bits per heavy atom. The van der Waals surface area contributed by atoms with Crippen LogP contribution in [0.5, 0.6) is 0 Å². The van der Waals surface area contributed by atoms with Crippen molar-refractivity contribution in [2.24, 2.45) is 0 Å². The Balaban J connectivity index is 2.31. The summed E-state index contributed by atoms with van der Waals surface area (Å²) in [5, 5.41) is 3.83. The van der Waals surface area contributed by atoms with E-state index in [1.807, 2.05) is 24.3 Å². The van der Waals surface area contributed by atoms with Crippen molar-refractivity contribution in [3.05, 3.63) is 24.3 Å². The summed E-state index contributed by atoms with van der Waals surface area (Å²) in [6.45, 7) is 4.95. The molecule has 0 spiro atoms. The van der Waals surface area contributed by atoms with Gasteiger partial charge in [0, 0.05) is 24.7 Å². The lowest BCUT2D eigenvalue weighted by Gasteiger charge is -2.29. The molecule has 1 atom stereocenters. The van der Waals surface area contributed by atoms with Crippen LogP contribution in [0.15, 0.2) is 24.3 Å². The van der Waals surface area contributed by atoms with Gasteiger partial charge < -0.3 is 5.73 Å². The Morgan fingerprint density at radius 3 is 2.56 bits per heavy atom. The molecule has 1 amide bonds. The minimum Gasteiger partial charge on any atom is -0.399 e. The predicted molar refractivity (Wildman–Crippen MR) is 64.8 cm³/mol. The number of carbonyl (C=O) groups is 1. The van der Waals surface area contributed by atoms with Gasteiger partial charge in [-0.1, -0.05) is 6.92 Å². The van der Waals surface area contributed by atoms with Crippen LogP contribution in [-0.4, -0.2) is 23.5 Å². The highest BCUT2D eigenvalue weighted by molar-refractivity contribution is 5.95. The van der Waals surface area contributed by atoms with Crippen molar-refractivity contribution >= 4 is 17.3 Å². The Morgan fingerprint density at radius 1 is 1.38 bits per heavy atom. The summed E-state index contributed by atoms with van der Waals surface area (Å²) in [4.78, 5) is 11.9. The number of anilines is 2. The molecule has 2 N–H and O–H groups in total. The van der Waals surface area contributed by atoms with E-state index < -0.39 is 0 Å². The fraction of sp³-hybridized carbons (Fsp3) is 0.417. The van der Waals surface area contributed by atoms with Crippen molar-refractivity contribution in [2.75, 3.05) is 17.3 Å². The monoisotopic (exact) mass is 219 g/mol. The molecule has 1 heterocycles. The SMILES string of the molecule is CCN1C(C)CC(=O)N1c1ccc(N)cc1. The number of hydrazine groups is 1. The zero-order valence-electron chi connectivity index (χ0n) is 9.68. The highest BCUT2D eigenvalue weighted by atomic mass is 16.2. The second-order valence-corrected chi connectivity index (χ2v) is 4.11. The van der Waals surface area contributed by atoms with Gasteiger partial charge in [0.1, 0.15) is 0 Å². The number of nitrogen functional groups attached to an aromatic ring is 1. The molecule has 0 aliphatic carbocycles. The molecule has 1 fully saturated rings.